The molecule has 0 aliphatic heterocycles. The molecule has 0 saturated heterocycles. The summed E-state index contributed by atoms with van der Waals surface area (Å²) in [4.78, 5) is 6.79. The average molecular weight is 258 g/mol. The summed E-state index contributed by atoms with van der Waals surface area (Å²) < 4.78 is 0. The number of hydrogen-bond acceptors (Lipinski definition) is 4. The smallest absolute Gasteiger partial charge is 0.0935 e. The zero-order valence-electron chi connectivity index (χ0n) is 11.9. The second-order valence-electron chi connectivity index (χ2n) is 5.21. The number of nitrogens with two attached hydrogens (primary N) is 1. The molecular weight excluding hydrogens is 236 g/mol. The summed E-state index contributed by atoms with van der Waals surface area (Å²) in [5.41, 5.74) is 9.89. The van der Waals surface area contributed by atoms with Crippen molar-refractivity contribution in [1.29, 1.82) is 0 Å². The van der Waals surface area contributed by atoms with Crippen molar-refractivity contribution < 1.29 is 0 Å². The van der Waals surface area contributed by atoms with Crippen LogP contribution in [-0.2, 0) is 6.54 Å². The molecule has 3 N–H and O–H groups in total. The van der Waals surface area contributed by atoms with Crippen molar-refractivity contribution in [3.8, 4) is 0 Å². The normalized spacial score (nSPS) is 11.4. The number of pyridine rings is 1. The highest BCUT2D eigenvalue weighted by atomic mass is 15.1. The van der Waals surface area contributed by atoms with Gasteiger partial charge in [-0.1, -0.05) is 6.07 Å². The predicted molar refractivity (Wildman–Crippen MR) is 81.2 cm³/mol. The van der Waals surface area contributed by atoms with Crippen LogP contribution in [0.25, 0.3) is 10.9 Å². The van der Waals surface area contributed by atoms with Gasteiger partial charge >= 0.3 is 0 Å². The first-order valence-corrected chi connectivity index (χ1v) is 6.57. The minimum absolute atomic E-state index is 0.755. The maximum absolute atomic E-state index is 6.03. The van der Waals surface area contributed by atoms with Gasteiger partial charge in [-0.05, 0) is 44.8 Å². The Hall–Kier alpha value is -1.65. The first-order chi connectivity index (χ1) is 9.06. The third kappa shape index (κ3) is 3.66. The van der Waals surface area contributed by atoms with Crippen molar-refractivity contribution in [3.63, 3.8) is 0 Å². The number of nitrogens with one attached hydrogen (secondary N) is 1. The lowest BCUT2D eigenvalue weighted by Crippen LogP contribution is -2.26. The molecule has 0 saturated carbocycles. The Bertz CT molecular complexity index is 563. The number of likely N-dealkylation sites (N-methyl/N-ethyl adjacent to an activating group) is 1. The lowest BCUT2D eigenvalue weighted by Gasteiger charge is -2.11. The summed E-state index contributed by atoms with van der Waals surface area (Å²) >= 11 is 0. The number of nitrogen functional groups attached to an aromatic ring is 1. The molecule has 1 aromatic carbocycles. The van der Waals surface area contributed by atoms with Gasteiger partial charge in [0.25, 0.3) is 0 Å². The number of nitrogens with zero attached hydrogens (tertiary/aromatic N) is 2. The van der Waals surface area contributed by atoms with Crippen LogP contribution in [0.1, 0.15) is 11.3 Å². The van der Waals surface area contributed by atoms with Gasteiger partial charge in [0.15, 0.2) is 0 Å². The van der Waals surface area contributed by atoms with Crippen LogP contribution in [0.4, 0.5) is 5.69 Å². The number of rotatable bonds is 5. The molecule has 1 heterocycles. The van der Waals surface area contributed by atoms with Crippen LogP contribution >= 0.6 is 0 Å². The lowest BCUT2D eigenvalue weighted by atomic mass is 10.1. The minimum Gasteiger partial charge on any atom is -0.397 e. The largest absolute Gasteiger partial charge is 0.397 e. The van der Waals surface area contributed by atoms with Crippen molar-refractivity contribution in [2.45, 2.75) is 13.5 Å². The van der Waals surface area contributed by atoms with E-state index < -0.39 is 0 Å². The Morgan fingerprint density at radius 3 is 2.79 bits per heavy atom. The van der Waals surface area contributed by atoms with E-state index in [1.165, 1.54) is 5.56 Å². The van der Waals surface area contributed by atoms with Gasteiger partial charge in [0, 0.05) is 25.0 Å². The number of hydrogen-bond donors (Lipinski definition) is 2. The summed E-state index contributed by atoms with van der Waals surface area (Å²) in [5, 5.41) is 4.49. The molecule has 0 amide bonds. The van der Waals surface area contributed by atoms with Gasteiger partial charge in [-0.15, -0.1) is 0 Å². The lowest BCUT2D eigenvalue weighted by molar-refractivity contribution is 0.399. The Labute approximate surface area is 114 Å². The van der Waals surface area contributed by atoms with Crippen molar-refractivity contribution in [2.75, 3.05) is 32.9 Å². The SMILES string of the molecule is Cc1cc(N)c2nc(CNCCN(C)C)ccc2c1. The van der Waals surface area contributed by atoms with Crippen molar-refractivity contribution >= 4 is 16.6 Å². The quantitative estimate of drug-likeness (QED) is 0.634. The Kier molecular flexibility index (Phi) is 4.35. The van der Waals surface area contributed by atoms with E-state index in [-0.39, 0.29) is 0 Å². The van der Waals surface area contributed by atoms with E-state index in [4.69, 9.17) is 5.73 Å². The molecule has 2 aromatic rings. The van der Waals surface area contributed by atoms with Crippen molar-refractivity contribution in [1.82, 2.24) is 15.2 Å². The number of benzene rings is 1. The van der Waals surface area contributed by atoms with E-state index in [2.05, 4.69) is 47.5 Å². The van der Waals surface area contributed by atoms with E-state index in [0.29, 0.717) is 0 Å². The molecule has 0 radical (unpaired) electrons. The number of anilines is 1. The molecular formula is C15H22N4. The fraction of sp³-hybridized carbons (Fsp3) is 0.400. The second kappa shape index (κ2) is 5.99. The maximum Gasteiger partial charge on any atom is 0.0935 e. The van der Waals surface area contributed by atoms with Gasteiger partial charge in [0.2, 0.25) is 0 Å². The molecule has 19 heavy (non-hydrogen) atoms. The third-order valence-electron chi connectivity index (χ3n) is 3.07. The van der Waals surface area contributed by atoms with Crippen LogP contribution in [0.3, 0.4) is 0 Å². The fourth-order valence-electron chi connectivity index (χ4n) is 2.08. The summed E-state index contributed by atoms with van der Waals surface area (Å²) in [6.07, 6.45) is 0. The molecule has 0 unspecified atom stereocenters. The summed E-state index contributed by atoms with van der Waals surface area (Å²) in [5.74, 6) is 0. The van der Waals surface area contributed by atoms with Crippen LogP contribution in [0, 0.1) is 6.92 Å². The van der Waals surface area contributed by atoms with Crippen molar-refractivity contribution in [2.24, 2.45) is 0 Å². The zero-order chi connectivity index (χ0) is 13.8. The Balaban J connectivity index is 2.09. The summed E-state index contributed by atoms with van der Waals surface area (Å²) in [6, 6.07) is 8.24. The van der Waals surface area contributed by atoms with E-state index in [1.807, 2.05) is 13.0 Å². The molecule has 4 heteroatoms. The first-order valence-electron chi connectivity index (χ1n) is 6.57. The molecule has 0 aliphatic carbocycles. The van der Waals surface area contributed by atoms with Crippen LogP contribution in [0.15, 0.2) is 24.3 Å². The predicted octanol–water partition coefficient (Wildman–Crippen LogP) is 1.78. The number of aryl methyl sites for hydroxylation is 1. The highest BCUT2D eigenvalue weighted by Gasteiger charge is 2.03. The molecule has 0 aliphatic rings. The van der Waals surface area contributed by atoms with Gasteiger partial charge in [-0.25, -0.2) is 4.98 Å². The molecule has 0 fully saturated rings. The standard InChI is InChI=1S/C15H22N4/c1-11-8-12-4-5-13(10-17-6-7-19(2)3)18-15(12)14(16)9-11/h4-5,8-9,17H,6-7,10,16H2,1-3H3. The summed E-state index contributed by atoms with van der Waals surface area (Å²) in [6.45, 7) is 4.80. The topological polar surface area (TPSA) is 54.2 Å². The van der Waals surface area contributed by atoms with Gasteiger partial charge in [-0.2, -0.15) is 0 Å². The monoisotopic (exact) mass is 258 g/mol. The number of fused-ring (bicyclic) bond motifs is 1. The van der Waals surface area contributed by atoms with Gasteiger partial charge in [0.05, 0.1) is 16.9 Å². The molecule has 4 nitrogen and oxygen atoms in total. The third-order valence-corrected chi connectivity index (χ3v) is 3.07. The zero-order valence-corrected chi connectivity index (χ0v) is 11.9. The van der Waals surface area contributed by atoms with Gasteiger partial charge in [-0.3, -0.25) is 0 Å². The average Bonchev–Trinajstić information content (AvgIpc) is 2.35. The first kappa shape index (κ1) is 13.8. The Morgan fingerprint density at radius 1 is 1.26 bits per heavy atom. The van der Waals surface area contributed by atoms with Crippen molar-refractivity contribution in [3.05, 3.63) is 35.5 Å². The second-order valence-corrected chi connectivity index (χ2v) is 5.21. The molecule has 0 spiro atoms. The van der Waals surface area contributed by atoms with E-state index in [1.54, 1.807) is 0 Å². The highest BCUT2D eigenvalue weighted by Crippen LogP contribution is 2.21. The van der Waals surface area contributed by atoms with Crippen LogP contribution in [0.2, 0.25) is 0 Å². The van der Waals surface area contributed by atoms with Crippen LogP contribution in [0.5, 0.6) is 0 Å². The van der Waals surface area contributed by atoms with Gasteiger partial charge in [0.1, 0.15) is 0 Å². The van der Waals surface area contributed by atoms with E-state index in [0.717, 1.165) is 41.9 Å². The fourth-order valence-corrected chi connectivity index (χ4v) is 2.08. The molecule has 102 valence electrons. The van der Waals surface area contributed by atoms with Gasteiger partial charge < -0.3 is 16.0 Å². The number of aromatic nitrogens is 1. The van der Waals surface area contributed by atoms with E-state index in [9.17, 15) is 0 Å². The molecule has 1 aromatic heterocycles. The maximum atomic E-state index is 6.03. The highest BCUT2D eigenvalue weighted by molar-refractivity contribution is 5.90. The van der Waals surface area contributed by atoms with E-state index >= 15 is 0 Å². The minimum atomic E-state index is 0.755. The van der Waals surface area contributed by atoms with Crippen LogP contribution < -0.4 is 11.1 Å². The molecule has 0 atom stereocenters. The Morgan fingerprint density at radius 2 is 2.05 bits per heavy atom. The molecule has 0 bridgehead atoms. The summed E-state index contributed by atoms with van der Waals surface area (Å²) in [7, 11) is 4.14. The van der Waals surface area contributed by atoms with Crippen LogP contribution in [-0.4, -0.2) is 37.1 Å². The molecule has 2 rings (SSSR count).